The van der Waals surface area contributed by atoms with E-state index < -0.39 is 5.97 Å². The van der Waals surface area contributed by atoms with Crippen LogP contribution in [0.5, 0.6) is 0 Å². The molecule has 4 N–H and O–H groups in total. The highest BCUT2D eigenvalue weighted by Crippen LogP contribution is 2.16. The molecule has 0 bridgehead atoms. The number of nitrogens with one attached hydrogen (secondary N) is 1. The van der Waals surface area contributed by atoms with Crippen LogP contribution in [0.25, 0.3) is 0 Å². The van der Waals surface area contributed by atoms with Crippen molar-refractivity contribution in [3.63, 3.8) is 0 Å². The van der Waals surface area contributed by atoms with Gasteiger partial charge in [0, 0.05) is 17.2 Å². The first-order valence-corrected chi connectivity index (χ1v) is 6.15. The topological polar surface area (TPSA) is 77.8 Å². The molecule has 1 aromatic carbocycles. The van der Waals surface area contributed by atoms with Gasteiger partial charge in [-0.15, -0.1) is 0 Å². The van der Waals surface area contributed by atoms with Gasteiger partial charge in [0.1, 0.15) is 5.69 Å². The Kier molecular flexibility index (Phi) is 4.62. The number of quaternary nitrogens is 1. The van der Waals surface area contributed by atoms with Crippen LogP contribution in [0.4, 0.5) is 5.69 Å². The van der Waals surface area contributed by atoms with Crippen LogP contribution in [0.15, 0.2) is 36.0 Å². The predicted octanol–water partition coefficient (Wildman–Crippen LogP) is 2.22. The molecule has 0 aromatic heterocycles. The quantitative estimate of drug-likeness (QED) is 0.441. The molecule has 4 nitrogen and oxygen atoms in total. The number of aliphatic carboxylic acids is 1. The van der Waals surface area contributed by atoms with Gasteiger partial charge in [0.05, 0.1) is 0 Å². The number of carboxylic acid groups (broad SMARTS) is 1. The van der Waals surface area contributed by atoms with Crippen LogP contribution in [-0.2, 0) is 4.79 Å². The summed E-state index contributed by atoms with van der Waals surface area (Å²) in [5.41, 5.74) is 2.01. The first-order valence-electron chi connectivity index (χ1n) is 6.15. The Bertz CT molecular complexity index is 508. The van der Waals surface area contributed by atoms with E-state index >= 15 is 0 Å². The number of rotatable bonds is 4. The molecule has 0 heterocycles. The summed E-state index contributed by atoms with van der Waals surface area (Å²) in [6.45, 7) is 7.64. The van der Waals surface area contributed by atoms with Crippen molar-refractivity contribution in [2.75, 3.05) is 0 Å². The average molecular weight is 261 g/mol. The standard InChI is InChI=1S/C15H20N2O2/c1-10-5-7-11(8-6-10)17-12(14(18)19)9-13(16)15(2,3)4/h5-9,16-17H,1-4H3,(H,18,19)/p+1/b12-9-,16-13?. The molecule has 0 fully saturated rings. The van der Waals surface area contributed by atoms with Crippen LogP contribution in [0, 0.1) is 17.7 Å². The van der Waals surface area contributed by atoms with E-state index in [2.05, 4.69) is 0 Å². The molecule has 0 amide bonds. The summed E-state index contributed by atoms with van der Waals surface area (Å²) in [5.74, 6) is -1.02. The maximum atomic E-state index is 11.2. The molecular formula is C15H21N2O2+. The Morgan fingerprint density at radius 1 is 1.26 bits per heavy atom. The minimum Gasteiger partial charge on any atom is -0.474 e. The van der Waals surface area contributed by atoms with Crippen molar-refractivity contribution in [3.05, 3.63) is 41.6 Å². The first-order chi connectivity index (χ1) is 8.70. The van der Waals surface area contributed by atoms with Crippen molar-refractivity contribution in [2.45, 2.75) is 27.7 Å². The van der Waals surface area contributed by atoms with Gasteiger partial charge in [0.25, 0.3) is 0 Å². The summed E-state index contributed by atoms with van der Waals surface area (Å²) < 4.78 is 0. The van der Waals surface area contributed by atoms with E-state index in [0.29, 0.717) is 5.71 Å². The van der Waals surface area contributed by atoms with Crippen molar-refractivity contribution in [1.29, 1.82) is 5.41 Å². The summed E-state index contributed by atoms with van der Waals surface area (Å²) in [6.07, 6.45) is 1.42. The van der Waals surface area contributed by atoms with Gasteiger partial charge in [-0.1, -0.05) is 38.5 Å². The highest BCUT2D eigenvalue weighted by molar-refractivity contribution is 6.01. The summed E-state index contributed by atoms with van der Waals surface area (Å²) in [4.78, 5) is 11.2. The molecule has 0 spiro atoms. The molecular weight excluding hydrogens is 240 g/mol. The molecule has 1 rings (SSSR count). The lowest BCUT2D eigenvalue weighted by Crippen LogP contribution is -2.77. The van der Waals surface area contributed by atoms with Crippen LogP contribution in [0.2, 0.25) is 0 Å². The van der Waals surface area contributed by atoms with Gasteiger partial charge in [-0.2, -0.15) is 0 Å². The van der Waals surface area contributed by atoms with Gasteiger partial charge in [0.2, 0.25) is 5.70 Å². The normalized spacial score (nSPS) is 12.3. The van der Waals surface area contributed by atoms with E-state index in [1.165, 1.54) is 6.08 Å². The molecule has 19 heavy (non-hydrogen) atoms. The molecule has 0 unspecified atom stereocenters. The molecule has 102 valence electrons. The number of nitrogens with two attached hydrogens (primary N) is 1. The fraction of sp³-hybridized carbons (Fsp3) is 0.333. The number of benzene rings is 1. The zero-order chi connectivity index (χ0) is 14.6. The van der Waals surface area contributed by atoms with Crippen molar-refractivity contribution >= 4 is 17.4 Å². The van der Waals surface area contributed by atoms with Crippen molar-refractivity contribution in [3.8, 4) is 0 Å². The van der Waals surface area contributed by atoms with E-state index in [1.54, 1.807) is 5.32 Å². The van der Waals surface area contributed by atoms with Gasteiger partial charge < -0.3 is 10.5 Å². The first kappa shape index (κ1) is 15.1. The Hall–Kier alpha value is -1.94. The molecule has 4 heteroatoms. The smallest absolute Gasteiger partial charge is 0.390 e. The third kappa shape index (κ3) is 4.67. The Balaban J connectivity index is 2.97. The van der Waals surface area contributed by atoms with Crippen LogP contribution < -0.4 is 5.32 Å². The number of aryl methyl sites for hydroxylation is 1. The highest BCUT2D eigenvalue weighted by Gasteiger charge is 2.20. The largest absolute Gasteiger partial charge is 0.474 e. The lowest BCUT2D eigenvalue weighted by atomic mass is 9.89. The average Bonchev–Trinajstić information content (AvgIpc) is 2.29. The van der Waals surface area contributed by atoms with Gasteiger partial charge in [-0.25, -0.2) is 4.79 Å². The third-order valence-electron chi connectivity index (χ3n) is 2.75. The Labute approximate surface area is 113 Å². The van der Waals surface area contributed by atoms with Gasteiger partial charge in [-0.05, 0) is 19.1 Å². The number of carboxylic acids is 1. The Morgan fingerprint density at radius 2 is 1.79 bits per heavy atom. The van der Waals surface area contributed by atoms with Crippen molar-refractivity contribution < 1.29 is 15.2 Å². The number of allylic oxidation sites excluding steroid dienone is 1. The minimum absolute atomic E-state index is 0.128. The van der Waals surface area contributed by atoms with Crippen LogP contribution >= 0.6 is 0 Å². The van der Waals surface area contributed by atoms with E-state index in [4.69, 9.17) is 5.41 Å². The van der Waals surface area contributed by atoms with Crippen LogP contribution in [0.3, 0.4) is 0 Å². The second kappa shape index (κ2) is 5.80. The molecule has 1 aromatic rings. The van der Waals surface area contributed by atoms with Crippen LogP contribution in [0.1, 0.15) is 26.3 Å². The fourth-order valence-corrected chi connectivity index (χ4v) is 1.38. The molecule has 0 aliphatic carbocycles. The molecule has 0 saturated heterocycles. The lowest BCUT2D eigenvalue weighted by Gasteiger charge is -2.16. The van der Waals surface area contributed by atoms with Gasteiger partial charge in [-0.3, -0.25) is 5.32 Å². The maximum absolute atomic E-state index is 11.2. The zero-order valence-corrected chi connectivity index (χ0v) is 11.8. The molecule has 0 aliphatic heterocycles. The van der Waals surface area contributed by atoms with Crippen LogP contribution in [-0.4, -0.2) is 16.8 Å². The second-order valence-corrected chi connectivity index (χ2v) is 5.62. The monoisotopic (exact) mass is 261 g/mol. The highest BCUT2D eigenvalue weighted by atomic mass is 16.4. The maximum Gasteiger partial charge on any atom is 0.390 e. The number of hydrogen-bond donors (Lipinski definition) is 3. The summed E-state index contributed by atoms with van der Waals surface area (Å²) >= 11 is 0. The van der Waals surface area contributed by atoms with Gasteiger partial charge >= 0.3 is 5.97 Å². The van der Waals surface area contributed by atoms with E-state index in [-0.39, 0.29) is 11.1 Å². The van der Waals surface area contributed by atoms with E-state index in [9.17, 15) is 9.90 Å². The van der Waals surface area contributed by atoms with Crippen molar-refractivity contribution in [1.82, 2.24) is 0 Å². The molecule has 0 saturated carbocycles. The zero-order valence-electron chi connectivity index (χ0n) is 11.8. The summed E-state index contributed by atoms with van der Waals surface area (Å²) in [6, 6.07) is 7.60. The summed E-state index contributed by atoms with van der Waals surface area (Å²) in [7, 11) is 0. The molecule has 0 radical (unpaired) electrons. The van der Waals surface area contributed by atoms with E-state index in [1.807, 2.05) is 52.0 Å². The second-order valence-electron chi connectivity index (χ2n) is 5.62. The van der Waals surface area contributed by atoms with E-state index in [0.717, 1.165) is 11.3 Å². The fourth-order valence-electron chi connectivity index (χ4n) is 1.38. The molecule has 0 atom stereocenters. The third-order valence-corrected chi connectivity index (χ3v) is 2.75. The predicted molar refractivity (Wildman–Crippen MR) is 75.7 cm³/mol. The van der Waals surface area contributed by atoms with Gasteiger partial charge in [0.15, 0.2) is 0 Å². The Morgan fingerprint density at radius 3 is 2.21 bits per heavy atom. The number of carbonyl (C=O) groups is 1. The minimum atomic E-state index is -1.02. The SMILES string of the molecule is Cc1ccc([NH2+]/C(=C\C(=N)C(C)(C)C)C(=O)O)cc1. The lowest BCUT2D eigenvalue weighted by molar-refractivity contribution is -0.512. The number of hydrogen-bond acceptors (Lipinski definition) is 2. The van der Waals surface area contributed by atoms with Crippen molar-refractivity contribution in [2.24, 2.45) is 5.41 Å². The summed E-state index contributed by atoms with van der Waals surface area (Å²) in [5, 5.41) is 18.7. The molecule has 0 aliphatic rings.